The first-order chi connectivity index (χ1) is 6.97. The van der Waals surface area contributed by atoms with Crippen molar-refractivity contribution >= 4 is 16.2 Å². The summed E-state index contributed by atoms with van der Waals surface area (Å²) in [6.45, 7) is 2.59. The van der Waals surface area contributed by atoms with Crippen molar-refractivity contribution in [3.63, 3.8) is 0 Å². The molecule has 1 rings (SSSR count). The zero-order chi connectivity index (χ0) is 11.5. The molecule has 0 saturated carbocycles. The first kappa shape index (κ1) is 12.4. The minimum Gasteiger partial charge on any atom is -0.480 e. The van der Waals surface area contributed by atoms with Gasteiger partial charge in [-0.05, 0) is 19.3 Å². The van der Waals surface area contributed by atoms with E-state index in [9.17, 15) is 13.2 Å². The molecule has 6 nitrogen and oxygen atoms in total. The maximum Gasteiger partial charge on any atom is 0.321 e. The van der Waals surface area contributed by atoms with E-state index >= 15 is 0 Å². The van der Waals surface area contributed by atoms with Crippen LogP contribution in [0.25, 0.3) is 0 Å². The molecule has 0 amide bonds. The Labute approximate surface area is 89.4 Å². The normalized spacial score (nSPS) is 20.3. The Hall–Kier alpha value is -0.660. The van der Waals surface area contributed by atoms with Crippen molar-refractivity contribution in [3.05, 3.63) is 0 Å². The van der Waals surface area contributed by atoms with E-state index < -0.39 is 22.2 Å². The van der Waals surface area contributed by atoms with Gasteiger partial charge in [0.05, 0.1) is 0 Å². The quantitative estimate of drug-likeness (QED) is 0.691. The van der Waals surface area contributed by atoms with Crippen molar-refractivity contribution in [3.8, 4) is 0 Å². The van der Waals surface area contributed by atoms with Gasteiger partial charge in [-0.3, -0.25) is 4.79 Å². The third-order valence-electron chi connectivity index (χ3n) is 2.40. The van der Waals surface area contributed by atoms with Crippen LogP contribution in [-0.4, -0.2) is 42.9 Å². The molecule has 2 N–H and O–H groups in total. The van der Waals surface area contributed by atoms with Crippen LogP contribution in [0.4, 0.5) is 0 Å². The molecule has 0 unspecified atom stereocenters. The molecule has 1 aliphatic heterocycles. The zero-order valence-corrected chi connectivity index (χ0v) is 9.46. The molecule has 0 radical (unpaired) electrons. The summed E-state index contributed by atoms with van der Waals surface area (Å²) < 4.78 is 26.8. The number of rotatable bonds is 5. The Morgan fingerprint density at radius 3 is 2.40 bits per heavy atom. The van der Waals surface area contributed by atoms with E-state index in [1.54, 1.807) is 6.92 Å². The molecule has 1 heterocycles. The molecule has 0 aromatic carbocycles. The lowest BCUT2D eigenvalue weighted by atomic mass is 10.2. The second-order valence-corrected chi connectivity index (χ2v) is 5.23. The van der Waals surface area contributed by atoms with Gasteiger partial charge in [-0.1, -0.05) is 6.92 Å². The average molecular weight is 236 g/mol. The van der Waals surface area contributed by atoms with Crippen LogP contribution >= 0.6 is 0 Å². The third-order valence-corrected chi connectivity index (χ3v) is 4.03. The summed E-state index contributed by atoms with van der Waals surface area (Å²) in [7, 11) is -3.61. The minimum atomic E-state index is -3.61. The molecule has 0 aromatic heterocycles. The van der Waals surface area contributed by atoms with Crippen LogP contribution in [0, 0.1) is 0 Å². The molecule has 0 aliphatic carbocycles. The van der Waals surface area contributed by atoms with Crippen LogP contribution in [0.1, 0.15) is 26.2 Å². The highest BCUT2D eigenvalue weighted by molar-refractivity contribution is 7.87. The number of carboxylic acids is 1. The lowest BCUT2D eigenvalue weighted by Gasteiger charge is -2.19. The number of nitrogens with one attached hydrogen (secondary N) is 1. The largest absolute Gasteiger partial charge is 0.480 e. The Morgan fingerprint density at radius 2 is 2.00 bits per heavy atom. The number of hydrogen-bond acceptors (Lipinski definition) is 3. The van der Waals surface area contributed by atoms with Gasteiger partial charge in [0, 0.05) is 13.1 Å². The van der Waals surface area contributed by atoms with Gasteiger partial charge in [0.1, 0.15) is 6.04 Å². The van der Waals surface area contributed by atoms with Crippen molar-refractivity contribution in [2.45, 2.75) is 32.2 Å². The number of nitrogens with zero attached hydrogens (tertiary/aromatic N) is 1. The van der Waals surface area contributed by atoms with Crippen LogP contribution in [0.5, 0.6) is 0 Å². The van der Waals surface area contributed by atoms with Crippen molar-refractivity contribution in [1.82, 2.24) is 9.03 Å². The van der Waals surface area contributed by atoms with Gasteiger partial charge >= 0.3 is 5.97 Å². The molecule has 1 fully saturated rings. The van der Waals surface area contributed by atoms with E-state index in [4.69, 9.17) is 5.11 Å². The molecule has 0 aromatic rings. The summed E-state index contributed by atoms with van der Waals surface area (Å²) >= 11 is 0. The summed E-state index contributed by atoms with van der Waals surface area (Å²) in [6.07, 6.45) is 1.91. The van der Waals surface area contributed by atoms with Gasteiger partial charge in [-0.25, -0.2) is 0 Å². The van der Waals surface area contributed by atoms with Crippen LogP contribution < -0.4 is 4.72 Å². The highest BCUT2D eigenvalue weighted by Crippen LogP contribution is 2.12. The highest BCUT2D eigenvalue weighted by atomic mass is 32.2. The van der Waals surface area contributed by atoms with Gasteiger partial charge in [-0.2, -0.15) is 17.4 Å². The zero-order valence-electron chi connectivity index (χ0n) is 8.64. The van der Waals surface area contributed by atoms with Crippen LogP contribution in [0.15, 0.2) is 0 Å². The summed E-state index contributed by atoms with van der Waals surface area (Å²) in [4.78, 5) is 10.7. The van der Waals surface area contributed by atoms with Crippen molar-refractivity contribution in [2.75, 3.05) is 13.1 Å². The molecule has 1 atom stereocenters. The lowest BCUT2D eigenvalue weighted by molar-refractivity contribution is -0.139. The van der Waals surface area contributed by atoms with Gasteiger partial charge in [0.15, 0.2) is 0 Å². The maximum absolute atomic E-state index is 11.7. The number of carboxylic acid groups (broad SMARTS) is 1. The van der Waals surface area contributed by atoms with Crippen LogP contribution in [0.3, 0.4) is 0 Å². The second-order valence-electron chi connectivity index (χ2n) is 3.53. The molecule has 88 valence electrons. The molecule has 1 aliphatic rings. The van der Waals surface area contributed by atoms with Crippen LogP contribution in [-0.2, 0) is 15.0 Å². The monoisotopic (exact) mass is 236 g/mol. The number of carbonyl (C=O) groups is 1. The van der Waals surface area contributed by atoms with Gasteiger partial charge < -0.3 is 5.11 Å². The van der Waals surface area contributed by atoms with E-state index in [0.29, 0.717) is 13.1 Å². The first-order valence-electron chi connectivity index (χ1n) is 4.97. The van der Waals surface area contributed by atoms with Crippen molar-refractivity contribution in [2.24, 2.45) is 0 Å². The van der Waals surface area contributed by atoms with Crippen molar-refractivity contribution in [1.29, 1.82) is 0 Å². The number of hydrogen-bond donors (Lipinski definition) is 2. The molecule has 0 bridgehead atoms. The van der Waals surface area contributed by atoms with Gasteiger partial charge in [-0.15, -0.1) is 0 Å². The van der Waals surface area contributed by atoms with Crippen LogP contribution in [0.2, 0.25) is 0 Å². The fourth-order valence-corrected chi connectivity index (χ4v) is 3.01. The number of aliphatic carboxylic acids is 1. The Balaban J connectivity index is 2.65. The maximum atomic E-state index is 11.7. The van der Waals surface area contributed by atoms with E-state index in [1.165, 1.54) is 4.31 Å². The molecule has 1 saturated heterocycles. The summed E-state index contributed by atoms with van der Waals surface area (Å²) in [5, 5.41) is 8.73. The SMILES string of the molecule is CC[C@@H](NS(=O)(=O)N1CCCC1)C(=O)O. The molecule has 7 heteroatoms. The van der Waals surface area contributed by atoms with E-state index in [0.717, 1.165) is 12.8 Å². The van der Waals surface area contributed by atoms with E-state index in [1.807, 2.05) is 0 Å². The molecular formula is C8H16N2O4S. The van der Waals surface area contributed by atoms with Crippen molar-refractivity contribution < 1.29 is 18.3 Å². The molecule has 0 spiro atoms. The predicted molar refractivity (Wildman–Crippen MR) is 54.6 cm³/mol. The standard InChI is InChI=1S/C8H16N2O4S/c1-2-7(8(11)12)9-15(13,14)10-5-3-4-6-10/h7,9H,2-6H2,1H3,(H,11,12)/t7-/m1/s1. The average Bonchev–Trinajstić information content (AvgIpc) is 2.67. The molecule has 15 heavy (non-hydrogen) atoms. The summed E-state index contributed by atoms with van der Waals surface area (Å²) in [5.41, 5.74) is 0. The summed E-state index contributed by atoms with van der Waals surface area (Å²) in [5.74, 6) is -1.14. The highest BCUT2D eigenvalue weighted by Gasteiger charge is 2.29. The lowest BCUT2D eigenvalue weighted by Crippen LogP contribution is -2.47. The minimum absolute atomic E-state index is 0.238. The third kappa shape index (κ3) is 3.15. The fourth-order valence-electron chi connectivity index (χ4n) is 1.49. The Kier molecular flexibility index (Phi) is 4.06. The van der Waals surface area contributed by atoms with E-state index in [-0.39, 0.29) is 6.42 Å². The summed E-state index contributed by atoms with van der Waals surface area (Å²) in [6, 6.07) is -1.03. The van der Waals surface area contributed by atoms with Gasteiger partial charge in [0.2, 0.25) is 0 Å². The topological polar surface area (TPSA) is 86.7 Å². The molecular weight excluding hydrogens is 220 g/mol. The van der Waals surface area contributed by atoms with E-state index in [2.05, 4.69) is 4.72 Å². The second kappa shape index (κ2) is 4.91. The smallest absolute Gasteiger partial charge is 0.321 e. The fraction of sp³-hybridized carbons (Fsp3) is 0.875. The first-order valence-corrected chi connectivity index (χ1v) is 6.41. The predicted octanol–water partition coefficient (Wildman–Crippen LogP) is -0.220. The Morgan fingerprint density at radius 1 is 1.47 bits per heavy atom. The Bertz CT molecular complexity index is 322. The van der Waals surface area contributed by atoms with Gasteiger partial charge in [0.25, 0.3) is 10.2 Å².